The zero-order chi connectivity index (χ0) is 15.1. The maximum absolute atomic E-state index is 14.1. The standard InChI is InChI=1S/C14H14ClF2N3O/c1-18-11-6-8(9(16)7-10(11)17)12-13(15)19-4-2-3-5-20(19)14(12)21/h6-7,18H,2-5H2,1H3. The predicted molar refractivity (Wildman–Crippen MR) is 77.8 cm³/mol. The van der Waals surface area contributed by atoms with Gasteiger partial charge < -0.3 is 5.32 Å². The molecule has 2 heterocycles. The van der Waals surface area contributed by atoms with Crippen LogP contribution in [0.5, 0.6) is 0 Å². The molecule has 1 aromatic heterocycles. The van der Waals surface area contributed by atoms with Crippen molar-refractivity contribution in [2.24, 2.45) is 0 Å². The minimum absolute atomic E-state index is 0.0187. The van der Waals surface area contributed by atoms with Gasteiger partial charge in [0.2, 0.25) is 0 Å². The Bertz CT molecular complexity index is 767. The third kappa shape index (κ3) is 2.14. The van der Waals surface area contributed by atoms with Crippen molar-refractivity contribution in [3.05, 3.63) is 39.3 Å². The molecule has 0 aliphatic carbocycles. The fourth-order valence-electron chi connectivity index (χ4n) is 2.68. The van der Waals surface area contributed by atoms with E-state index in [1.165, 1.54) is 17.8 Å². The lowest BCUT2D eigenvalue weighted by Gasteiger charge is -2.17. The second-order valence-electron chi connectivity index (χ2n) is 4.99. The Balaban J connectivity index is 2.27. The highest BCUT2D eigenvalue weighted by atomic mass is 35.5. The Hall–Kier alpha value is -1.82. The SMILES string of the molecule is CNc1cc(-c2c(Cl)n3n(c2=O)CCCC3)c(F)cc1F. The van der Waals surface area contributed by atoms with E-state index in [1.807, 2.05) is 0 Å². The van der Waals surface area contributed by atoms with Crippen molar-refractivity contribution < 1.29 is 8.78 Å². The molecule has 1 aliphatic heterocycles. The smallest absolute Gasteiger partial charge is 0.276 e. The number of aromatic nitrogens is 2. The molecule has 0 atom stereocenters. The first kappa shape index (κ1) is 14.1. The van der Waals surface area contributed by atoms with Crippen molar-refractivity contribution >= 4 is 17.3 Å². The molecule has 3 rings (SSSR count). The summed E-state index contributed by atoms with van der Waals surface area (Å²) in [5.41, 5.74) is -0.110. The number of rotatable bonds is 2. The highest BCUT2D eigenvalue weighted by Crippen LogP contribution is 2.32. The van der Waals surface area contributed by atoms with Gasteiger partial charge in [0, 0.05) is 31.8 Å². The van der Waals surface area contributed by atoms with E-state index in [-0.39, 0.29) is 27.5 Å². The quantitative estimate of drug-likeness (QED) is 0.925. The lowest BCUT2D eigenvalue weighted by atomic mass is 10.1. The number of halogens is 3. The van der Waals surface area contributed by atoms with E-state index in [4.69, 9.17) is 11.6 Å². The maximum Gasteiger partial charge on any atom is 0.276 e. The van der Waals surface area contributed by atoms with Crippen LogP contribution in [0.3, 0.4) is 0 Å². The van der Waals surface area contributed by atoms with Crippen LogP contribution in [0.15, 0.2) is 16.9 Å². The fraction of sp³-hybridized carbons (Fsp3) is 0.357. The maximum atomic E-state index is 14.1. The van der Waals surface area contributed by atoms with Gasteiger partial charge in [-0.15, -0.1) is 0 Å². The van der Waals surface area contributed by atoms with Crippen LogP contribution in [0.4, 0.5) is 14.5 Å². The summed E-state index contributed by atoms with van der Waals surface area (Å²) >= 11 is 6.25. The van der Waals surface area contributed by atoms with Gasteiger partial charge in [0.25, 0.3) is 5.56 Å². The zero-order valence-electron chi connectivity index (χ0n) is 11.4. The van der Waals surface area contributed by atoms with Gasteiger partial charge in [-0.05, 0) is 18.9 Å². The van der Waals surface area contributed by atoms with Crippen LogP contribution in [0.1, 0.15) is 12.8 Å². The van der Waals surface area contributed by atoms with Crippen LogP contribution in [-0.4, -0.2) is 16.4 Å². The Morgan fingerprint density at radius 2 is 1.81 bits per heavy atom. The van der Waals surface area contributed by atoms with Crippen LogP contribution in [0, 0.1) is 11.6 Å². The van der Waals surface area contributed by atoms with E-state index in [2.05, 4.69) is 5.32 Å². The Morgan fingerprint density at radius 3 is 2.43 bits per heavy atom. The van der Waals surface area contributed by atoms with Crippen molar-refractivity contribution in [3.63, 3.8) is 0 Å². The van der Waals surface area contributed by atoms with Crippen molar-refractivity contribution in [1.29, 1.82) is 0 Å². The number of fused-ring (bicyclic) bond motifs is 1. The van der Waals surface area contributed by atoms with E-state index in [1.54, 1.807) is 4.68 Å². The predicted octanol–water partition coefficient (Wildman–Crippen LogP) is 3.08. The average Bonchev–Trinajstić information content (AvgIpc) is 2.72. The topological polar surface area (TPSA) is 39.0 Å². The largest absolute Gasteiger partial charge is 0.386 e. The van der Waals surface area contributed by atoms with Crippen LogP contribution >= 0.6 is 11.6 Å². The first-order valence-corrected chi connectivity index (χ1v) is 7.08. The summed E-state index contributed by atoms with van der Waals surface area (Å²) in [5.74, 6) is -1.51. The lowest BCUT2D eigenvalue weighted by molar-refractivity contribution is 0.356. The van der Waals surface area contributed by atoms with Gasteiger partial charge >= 0.3 is 0 Å². The number of nitrogens with zero attached hydrogens (tertiary/aromatic N) is 2. The molecule has 0 saturated heterocycles. The molecule has 1 N–H and O–H groups in total. The molecule has 21 heavy (non-hydrogen) atoms. The summed E-state index contributed by atoms with van der Waals surface area (Å²) in [4.78, 5) is 12.4. The van der Waals surface area contributed by atoms with Crippen LogP contribution in [0.2, 0.25) is 5.15 Å². The van der Waals surface area contributed by atoms with Crippen LogP contribution in [-0.2, 0) is 13.1 Å². The summed E-state index contributed by atoms with van der Waals surface area (Å²) in [5, 5.41) is 2.83. The molecule has 0 spiro atoms. The number of hydrogen-bond acceptors (Lipinski definition) is 2. The van der Waals surface area contributed by atoms with Crippen molar-refractivity contribution in [3.8, 4) is 11.1 Å². The molecule has 0 unspecified atom stereocenters. The number of benzene rings is 1. The summed E-state index contributed by atoms with van der Waals surface area (Å²) in [7, 11) is 1.53. The van der Waals surface area contributed by atoms with Crippen molar-refractivity contribution in [1.82, 2.24) is 9.36 Å². The van der Waals surface area contributed by atoms with E-state index in [0.29, 0.717) is 13.1 Å². The van der Waals surface area contributed by atoms with Crippen molar-refractivity contribution in [2.75, 3.05) is 12.4 Å². The highest BCUT2D eigenvalue weighted by molar-refractivity contribution is 6.32. The van der Waals surface area contributed by atoms with Gasteiger partial charge in [-0.2, -0.15) is 0 Å². The molecule has 1 aliphatic rings. The highest BCUT2D eigenvalue weighted by Gasteiger charge is 2.24. The van der Waals surface area contributed by atoms with E-state index in [9.17, 15) is 13.6 Å². The molecular formula is C14H14ClF2N3O. The number of hydrogen-bond donors (Lipinski definition) is 1. The van der Waals surface area contributed by atoms with Gasteiger partial charge in [0.1, 0.15) is 16.8 Å². The molecule has 0 fully saturated rings. The first-order valence-electron chi connectivity index (χ1n) is 6.71. The molecule has 2 aromatic rings. The first-order chi connectivity index (χ1) is 10.0. The second kappa shape index (κ2) is 5.18. The molecule has 0 amide bonds. The molecular weight excluding hydrogens is 300 g/mol. The molecule has 1 aromatic carbocycles. The summed E-state index contributed by atoms with van der Waals surface area (Å²) in [6.07, 6.45) is 1.80. The number of nitrogens with one attached hydrogen (secondary N) is 1. The molecule has 4 nitrogen and oxygen atoms in total. The summed E-state index contributed by atoms with van der Waals surface area (Å²) in [6.45, 7) is 1.18. The summed E-state index contributed by atoms with van der Waals surface area (Å²) < 4.78 is 30.8. The van der Waals surface area contributed by atoms with Crippen LogP contribution in [0.25, 0.3) is 11.1 Å². The van der Waals surface area contributed by atoms with Crippen molar-refractivity contribution in [2.45, 2.75) is 25.9 Å². The minimum Gasteiger partial charge on any atom is -0.386 e. The lowest BCUT2D eigenvalue weighted by Crippen LogP contribution is -2.27. The molecule has 112 valence electrons. The van der Waals surface area contributed by atoms with Crippen LogP contribution < -0.4 is 10.9 Å². The van der Waals surface area contributed by atoms with E-state index in [0.717, 1.165) is 18.9 Å². The summed E-state index contributed by atoms with van der Waals surface area (Å²) in [6, 6.07) is 2.04. The monoisotopic (exact) mass is 313 g/mol. The Labute approximate surface area is 124 Å². The fourth-order valence-corrected chi connectivity index (χ4v) is 3.04. The zero-order valence-corrected chi connectivity index (χ0v) is 12.2. The third-order valence-corrected chi connectivity index (χ3v) is 4.14. The average molecular weight is 314 g/mol. The van der Waals surface area contributed by atoms with Gasteiger partial charge in [0.15, 0.2) is 0 Å². The van der Waals surface area contributed by atoms with E-state index < -0.39 is 11.6 Å². The van der Waals surface area contributed by atoms with Gasteiger partial charge in [-0.1, -0.05) is 11.6 Å². The van der Waals surface area contributed by atoms with E-state index >= 15 is 0 Å². The molecule has 7 heteroatoms. The Morgan fingerprint density at radius 1 is 1.14 bits per heavy atom. The second-order valence-corrected chi connectivity index (χ2v) is 5.34. The van der Waals surface area contributed by atoms with Gasteiger partial charge in [-0.25, -0.2) is 13.5 Å². The molecule has 0 radical (unpaired) electrons. The molecule has 0 saturated carbocycles. The Kier molecular flexibility index (Phi) is 3.49. The normalized spacial score (nSPS) is 14.1. The van der Waals surface area contributed by atoms with Gasteiger partial charge in [0.05, 0.1) is 11.3 Å². The van der Waals surface area contributed by atoms with Gasteiger partial charge in [-0.3, -0.25) is 9.48 Å². The number of anilines is 1. The molecule has 0 bridgehead atoms. The third-order valence-electron chi connectivity index (χ3n) is 3.76. The minimum atomic E-state index is -0.797.